The number of nitrogens with zero attached hydrogens (tertiary/aromatic N) is 3. The Labute approximate surface area is 83.5 Å². The summed E-state index contributed by atoms with van der Waals surface area (Å²) in [6.45, 7) is 1.77. The molecule has 64 valence electrons. The zero-order valence-corrected chi connectivity index (χ0v) is 8.49. The van der Waals surface area contributed by atoms with Crippen molar-refractivity contribution in [3.63, 3.8) is 0 Å². The molecule has 1 atom stereocenters. The average molecular weight is 222 g/mol. The maximum absolute atomic E-state index is 8.18. The van der Waals surface area contributed by atoms with Gasteiger partial charge in [-0.15, -0.1) is 11.3 Å². The topological polar surface area (TPSA) is 48.8 Å². The van der Waals surface area contributed by atoms with Gasteiger partial charge >= 0.3 is 0 Å². The summed E-state index contributed by atoms with van der Waals surface area (Å²) in [6, 6.07) is 1.46. The van der Waals surface area contributed by atoms with Crippen LogP contribution >= 0.6 is 34.5 Å². The molecule has 0 radical (unpaired) electrons. The Morgan fingerprint density at radius 2 is 2.33 bits per heavy atom. The van der Waals surface area contributed by atoms with Crippen molar-refractivity contribution in [1.29, 1.82) is 0 Å². The van der Waals surface area contributed by atoms with Crippen molar-refractivity contribution in [1.82, 2.24) is 0 Å². The van der Waals surface area contributed by atoms with E-state index in [-0.39, 0.29) is 6.04 Å². The highest BCUT2D eigenvalue weighted by atomic mass is 35.5. The molecule has 1 heterocycles. The first-order chi connectivity index (χ1) is 5.65. The molecule has 0 aliphatic rings. The highest BCUT2D eigenvalue weighted by Gasteiger charge is 2.11. The maximum Gasteiger partial charge on any atom is 0.0980 e. The van der Waals surface area contributed by atoms with Crippen LogP contribution < -0.4 is 0 Å². The molecular weight excluding hydrogens is 217 g/mol. The van der Waals surface area contributed by atoms with Gasteiger partial charge in [0.05, 0.1) is 14.7 Å². The van der Waals surface area contributed by atoms with E-state index in [9.17, 15) is 0 Å². The molecule has 1 aromatic rings. The molecule has 0 saturated heterocycles. The molecule has 0 bridgehead atoms. The minimum Gasteiger partial charge on any atom is -0.111 e. The van der Waals surface area contributed by atoms with Gasteiger partial charge in [0.25, 0.3) is 0 Å². The highest BCUT2D eigenvalue weighted by molar-refractivity contribution is 7.20. The number of azide groups is 1. The monoisotopic (exact) mass is 221 g/mol. The molecule has 12 heavy (non-hydrogen) atoms. The van der Waals surface area contributed by atoms with Crippen LogP contribution in [0.5, 0.6) is 0 Å². The molecule has 0 fully saturated rings. The summed E-state index contributed by atoms with van der Waals surface area (Å²) in [5, 5.41) is 3.51. The predicted molar refractivity (Wildman–Crippen MR) is 51.9 cm³/mol. The molecule has 6 heteroatoms. The zero-order valence-electron chi connectivity index (χ0n) is 6.16. The first-order valence-corrected chi connectivity index (χ1v) is 4.71. The Balaban J connectivity index is 3.01. The second-order valence-corrected chi connectivity index (χ2v) is 4.45. The molecule has 0 unspecified atom stereocenters. The van der Waals surface area contributed by atoms with Crippen molar-refractivity contribution >= 4 is 34.5 Å². The third kappa shape index (κ3) is 2.05. The third-order valence-corrected chi connectivity index (χ3v) is 2.88. The van der Waals surface area contributed by atoms with Gasteiger partial charge in [-0.05, 0) is 17.2 Å². The van der Waals surface area contributed by atoms with Crippen LogP contribution in [0.15, 0.2) is 11.2 Å². The smallest absolute Gasteiger partial charge is 0.0980 e. The quantitative estimate of drug-likeness (QED) is 0.403. The van der Waals surface area contributed by atoms with E-state index in [1.54, 1.807) is 13.0 Å². The Hall–Kier alpha value is -0.410. The van der Waals surface area contributed by atoms with Crippen LogP contribution in [0.2, 0.25) is 8.67 Å². The SMILES string of the molecule is C[C@@H](N=[N+]=[N-])c1cc(Cl)sc1Cl. The summed E-state index contributed by atoms with van der Waals surface area (Å²) in [5.74, 6) is 0. The minimum atomic E-state index is -0.258. The Kier molecular flexibility index (Phi) is 3.23. The molecule has 0 N–H and O–H groups in total. The first-order valence-electron chi connectivity index (χ1n) is 3.14. The summed E-state index contributed by atoms with van der Waals surface area (Å²) >= 11 is 12.8. The molecule has 0 saturated carbocycles. The zero-order chi connectivity index (χ0) is 9.14. The van der Waals surface area contributed by atoms with Gasteiger partial charge in [0.15, 0.2) is 0 Å². The van der Waals surface area contributed by atoms with E-state index in [0.717, 1.165) is 5.56 Å². The molecule has 0 aromatic carbocycles. The van der Waals surface area contributed by atoms with E-state index < -0.39 is 0 Å². The van der Waals surface area contributed by atoms with Crippen LogP contribution in [0.4, 0.5) is 0 Å². The van der Waals surface area contributed by atoms with E-state index in [1.807, 2.05) is 0 Å². The van der Waals surface area contributed by atoms with Gasteiger partial charge in [-0.25, -0.2) is 0 Å². The third-order valence-electron chi connectivity index (χ3n) is 1.36. The molecule has 1 rings (SSSR count). The second-order valence-electron chi connectivity index (χ2n) is 2.16. The summed E-state index contributed by atoms with van der Waals surface area (Å²) in [4.78, 5) is 2.69. The Bertz CT molecular complexity index is 330. The van der Waals surface area contributed by atoms with Gasteiger partial charge in [0, 0.05) is 4.91 Å². The van der Waals surface area contributed by atoms with E-state index >= 15 is 0 Å². The number of rotatable bonds is 2. The van der Waals surface area contributed by atoms with E-state index in [2.05, 4.69) is 10.0 Å². The maximum atomic E-state index is 8.18. The van der Waals surface area contributed by atoms with Crippen molar-refractivity contribution < 1.29 is 0 Å². The first kappa shape index (κ1) is 9.68. The fourth-order valence-corrected chi connectivity index (χ4v) is 2.41. The number of hydrogen-bond acceptors (Lipinski definition) is 2. The van der Waals surface area contributed by atoms with Crippen LogP contribution in [0.3, 0.4) is 0 Å². The van der Waals surface area contributed by atoms with Gasteiger partial charge in [-0.3, -0.25) is 0 Å². The Morgan fingerprint density at radius 3 is 2.75 bits per heavy atom. The minimum absolute atomic E-state index is 0.258. The van der Waals surface area contributed by atoms with Crippen LogP contribution in [0, 0.1) is 0 Å². The molecule has 0 aliphatic heterocycles. The van der Waals surface area contributed by atoms with Crippen molar-refractivity contribution in [2.24, 2.45) is 5.11 Å². The van der Waals surface area contributed by atoms with Gasteiger partial charge in [0.2, 0.25) is 0 Å². The lowest BCUT2D eigenvalue weighted by Crippen LogP contribution is -1.83. The molecule has 0 aliphatic carbocycles. The fourth-order valence-electron chi connectivity index (χ4n) is 0.777. The van der Waals surface area contributed by atoms with Crippen LogP contribution in [0.1, 0.15) is 18.5 Å². The molecular formula is C6H5Cl2N3S. The second kappa shape index (κ2) is 4.01. The van der Waals surface area contributed by atoms with E-state index in [4.69, 9.17) is 28.7 Å². The fraction of sp³-hybridized carbons (Fsp3) is 0.333. The van der Waals surface area contributed by atoms with Gasteiger partial charge in [0.1, 0.15) is 0 Å². The van der Waals surface area contributed by atoms with Crippen molar-refractivity contribution in [3.8, 4) is 0 Å². The van der Waals surface area contributed by atoms with Crippen LogP contribution in [0.25, 0.3) is 10.4 Å². The Morgan fingerprint density at radius 1 is 1.67 bits per heavy atom. The largest absolute Gasteiger partial charge is 0.111 e. The summed E-state index contributed by atoms with van der Waals surface area (Å²) < 4.78 is 1.19. The molecule has 0 spiro atoms. The molecule has 3 nitrogen and oxygen atoms in total. The van der Waals surface area contributed by atoms with Crippen LogP contribution in [-0.4, -0.2) is 0 Å². The summed E-state index contributed by atoms with van der Waals surface area (Å²) in [6.07, 6.45) is 0. The van der Waals surface area contributed by atoms with Gasteiger partial charge in [-0.1, -0.05) is 35.2 Å². The van der Waals surface area contributed by atoms with Gasteiger partial charge in [-0.2, -0.15) is 0 Å². The van der Waals surface area contributed by atoms with Gasteiger partial charge < -0.3 is 0 Å². The summed E-state index contributed by atoms with van der Waals surface area (Å²) in [5.41, 5.74) is 8.96. The van der Waals surface area contributed by atoms with Crippen LogP contribution in [-0.2, 0) is 0 Å². The normalized spacial score (nSPS) is 12.2. The lowest BCUT2D eigenvalue weighted by molar-refractivity contribution is 0.812. The lowest BCUT2D eigenvalue weighted by atomic mass is 10.2. The molecule has 0 amide bonds. The standard InChI is InChI=1S/C6H5Cl2N3S/c1-3(10-11-9)4-2-5(7)12-6(4)8/h2-3H,1H3/t3-/m1/s1. The predicted octanol–water partition coefficient (Wildman–Crippen LogP) is 4.43. The highest BCUT2D eigenvalue weighted by Crippen LogP contribution is 2.36. The van der Waals surface area contributed by atoms with Crippen molar-refractivity contribution in [2.45, 2.75) is 13.0 Å². The van der Waals surface area contributed by atoms with Crippen molar-refractivity contribution in [3.05, 3.63) is 30.7 Å². The molecule has 1 aromatic heterocycles. The average Bonchev–Trinajstić information content (AvgIpc) is 2.30. The number of thiophene rings is 1. The van der Waals surface area contributed by atoms with E-state index in [1.165, 1.54) is 11.3 Å². The number of hydrogen-bond donors (Lipinski definition) is 0. The number of halogens is 2. The summed E-state index contributed by atoms with van der Waals surface area (Å²) in [7, 11) is 0. The van der Waals surface area contributed by atoms with Crippen molar-refractivity contribution in [2.75, 3.05) is 0 Å². The lowest BCUT2D eigenvalue weighted by Gasteiger charge is -1.99. The van der Waals surface area contributed by atoms with E-state index in [0.29, 0.717) is 8.67 Å².